The first-order valence-corrected chi connectivity index (χ1v) is 5.75. The van der Waals surface area contributed by atoms with E-state index in [0.29, 0.717) is 13.1 Å². The van der Waals surface area contributed by atoms with E-state index < -0.39 is 6.10 Å². The molecule has 4 heteroatoms. The van der Waals surface area contributed by atoms with Gasteiger partial charge in [-0.3, -0.25) is 4.79 Å². The van der Waals surface area contributed by atoms with E-state index in [9.17, 15) is 9.90 Å². The minimum Gasteiger partial charge on any atom is -0.391 e. The van der Waals surface area contributed by atoms with Gasteiger partial charge in [0.1, 0.15) is 0 Å². The molecular weight excluding hydrogens is 216 g/mol. The lowest BCUT2D eigenvalue weighted by atomic mass is 10.1. The van der Waals surface area contributed by atoms with Gasteiger partial charge in [-0.05, 0) is 17.0 Å². The number of rotatable bonds is 2. The van der Waals surface area contributed by atoms with E-state index in [-0.39, 0.29) is 12.3 Å². The average molecular weight is 230 g/mol. The maximum Gasteiger partial charge on any atom is 0.225 e. The van der Waals surface area contributed by atoms with Crippen LogP contribution in [0.25, 0.3) is 10.9 Å². The van der Waals surface area contributed by atoms with E-state index in [0.717, 1.165) is 16.5 Å². The van der Waals surface area contributed by atoms with Gasteiger partial charge in [0.25, 0.3) is 0 Å². The fourth-order valence-electron chi connectivity index (χ4n) is 2.39. The van der Waals surface area contributed by atoms with Crippen LogP contribution in [0.4, 0.5) is 0 Å². The Kier molecular flexibility index (Phi) is 2.37. The van der Waals surface area contributed by atoms with Gasteiger partial charge >= 0.3 is 0 Å². The number of fused-ring (bicyclic) bond motifs is 1. The molecule has 1 unspecified atom stereocenters. The van der Waals surface area contributed by atoms with Crippen molar-refractivity contribution in [3.63, 3.8) is 0 Å². The van der Waals surface area contributed by atoms with Crippen LogP contribution >= 0.6 is 0 Å². The lowest BCUT2D eigenvalue weighted by molar-refractivity contribution is -0.128. The number of likely N-dealkylation sites (tertiary alicyclic amines) is 1. The molecule has 1 saturated heterocycles. The summed E-state index contributed by atoms with van der Waals surface area (Å²) in [5.41, 5.74) is 2.16. The van der Waals surface area contributed by atoms with Gasteiger partial charge < -0.3 is 15.0 Å². The minimum absolute atomic E-state index is 0.0288. The number of nitrogens with one attached hydrogen (secondary N) is 1. The molecule has 0 radical (unpaired) electrons. The Balaban J connectivity index is 1.90. The molecule has 4 nitrogen and oxygen atoms in total. The first-order valence-electron chi connectivity index (χ1n) is 5.75. The summed E-state index contributed by atoms with van der Waals surface area (Å²) in [5, 5.41) is 10.6. The second kappa shape index (κ2) is 3.89. The Morgan fingerprint density at radius 3 is 3.06 bits per heavy atom. The average Bonchev–Trinajstić information content (AvgIpc) is 2.87. The van der Waals surface area contributed by atoms with Crippen LogP contribution in [0.3, 0.4) is 0 Å². The van der Waals surface area contributed by atoms with Gasteiger partial charge in [-0.2, -0.15) is 0 Å². The quantitative estimate of drug-likeness (QED) is 0.816. The highest BCUT2D eigenvalue weighted by atomic mass is 16.3. The third-order valence-corrected chi connectivity index (χ3v) is 3.23. The number of H-pyrrole nitrogens is 1. The summed E-state index contributed by atoms with van der Waals surface area (Å²) in [6, 6.07) is 8.05. The summed E-state index contributed by atoms with van der Waals surface area (Å²) < 4.78 is 0. The van der Waals surface area contributed by atoms with Crippen molar-refractivity contribution >= 4 is 16.8 Å². The SMILES string of the molecule is O=C1CC(O)CN1Cc1cccc2cc[nH]c12. The van der Waals surface area contributed by atoms with Crippen molar-refractivity contribution in [1.82, 2.24) is 9.88 Å². The Hall–Kier alpha value is -1.81. The van der Waals surface area contributed by atoms with E-state index in [1.54, 1.807) is 4.90 Å². The number of carbonyl (C=O) groups is 1. The Morgan fingerprint density at radius 1 is 1.41 bits per heavy atom. The van der Waals surface area contributed by atoms with E-state index in [4.69, 9.17) is 0 Å². The number of aliphatic hydroxyl groups is 1. The first kappa shape index (κ1) is 10.4. The normalized spacial score (nSPS) is 20.4. The molecule has 17 heavy (non-hydrogen) atoms. The standard InChI is InChI=1S/C13H14N2O2/c16-11-6-12(17)15(8-11)7-10-3-1-2-9-4-5-14-13(9)10/h1-5,11,14,16H,6-8H2. The second-order valence-electron chi connectivity index (χ2n) is 4.49. The van der Waals surface area contributed by atoms with Crippen molar-refractivity contribution in [1.29, 1.82) is 0 Å². The molecule has 1 fully saturated rings. The third kappa shape index (κ3) is 1.80. The largest absolute Gasteiger partial charge is 0.391 e. The van der Waals surface area contributed by atoms with Gasteiger partial charge in [-0.15, -0.1) is 0 Å². The van der Waals surface area contributed by atoms with Gasteiger partial charge in [-0.1, -0.05) is 18.2 Å². The van der Waals surface area contributed by atoms with Crippen molar-refractivity contribution < 1.29 is 9.90 Å². The minimum atomic E-state index is -0.509. The summed E-state index contributed by atoms with van der Waals surface area (Å²) in [7, 11) is 0. The molecule has 1 amide bonds. The van der Waals surface area contributed by atoms with Gasteiger partial charge in [-0.25, -0.2) is 0 Å². The lowest BCUT2D eigenvalue weighted by Gasteiger charge is -2.16. The van der Waals surface area contributed by atoms with Crippen LogP contribution in [-0.4, -0.2) is 33.5 Å². The van der Waals surface area contributed by atoms with Crippen LogP contribution in [0.15, 0.2) is 30.5 Å². The highest BCUT2D eigenvalue weighted by Gasteiger charge is 2.28. The van der Waals surface area contributed by atoms with Crippen LogP contribution in [0.5, 0.6) is 0 Å². The number of hydrogen-bond donors (Lipinski definition) is 2. The maximum absolute atomic E-state index is 11.6. The lowest BCUT2D eigenvalue weighted by Crippen LogP contribution is -2.25. The molecule has 1 aliphatic heterocycles. The molecule has 1 aromatic heterocycles. The monoisotopic (exact) mass is 230 g/mol. The number of β-amino-alcohol motifs (C(OH)–C–C–N with tert-alkyl or cyclic N) is 1. The Bertz CT molecular complexity index is 561. The number of amides is 1. The van der Waals surface area contributed by atoms with Crippen molar-refractivity contribution in [2.45, 2.75) is 19.1 Å². The fourth-order valence-corrected chi connectivity index (χ4v) is 2.39. The number of aromatic amines is 1. The summed E-state index contributed by atoms with van der Waals surface area (Å²) in [6.07, 6.45) is 1.64. The number of para-hydroxylation sites is 1. The van der Waals surface area contributed by atoms with Crippen molar-refractivity contribution in [3.8, 4) is 0 Å². The van der Waals surface area contributed by atoms with Crippen LogP contribution < -0.4 is 0 Å². The Labute approximate surface area is 98.9 Å². The summed E-state index contributed by atoms with van der Waals surface area (Å²) in [4.78, 5) is 16.5. The fraction of sp³-hybridized carbons (Fsp3) is 0.308. The number of aromatic nitrogens is 1. The molecule has 1 atom stereocenters. The van der Waals surface area contributed by atoms with E-state index >= 15 is 0 Å². The molecule has 1 aromatic carbocycles. The Morgan fingerprint density at radius 2 is 2.29 bits per heavy atom. The van der Waals surface area contributed by atoms with Gasteiger partial charge in [0.2, 0.25) is 5.91 Å². The molecule has 0 saturated carbocycles. The topological polar surface area (TPSA) is 56.3 Å². The summed E-state index contributed by atoms with van der Waals surface area (Å²) in [6.45, 7) is 1.00. The van der Waals surface area contributed by atoms with Crippen molar-refractivity contribution in [2.24, 2.45) is 0 Å². The van der Waals surface area contributed by atoms with Crippen molar-refractivity contribution in [2.75, 3.05) is 6.54 Å². The number of carbonyl (C=O) groups excluding carboxylic acids is 1. The molecule has 2 N–H and O–H groups in total. The molecule has 2 aromatic rings. The smallest absolute Gasteiger partial charge is 0.225 e. The van der Waals surface area contributed by atoms with Crippen LogP contribution in [-0.2, 0) is 11.3 Å². The third-order valence-electron chi connectivity index (χ3n) is 3.23. The molecule has 88 valence electrons. The summed E-state index contributed by atoms with van der Waals surface area (Å²) in [5.74, 6) is 0.0288. The van der Waals surface area contributed by atoms with Crippen LogP contribution in [0.2, 0.25) is 0 Å². The molecule has 0 bridgehead atoms. The van der Waals surface area contributed by atoms with Gasteiger partial charge in [0.05, 0.1) is 18.0 Å². The zero-order valence-electron chi connectivity index (χ0n) is 9.39. The van der Waals surface area contributed by atoms with Crippen LogP contribution in [0.1, 0.15) is 12.0 Å². The zero-order valence-corrected chi connectivity index (χ0v) is 9.39. The van der Waals surface area contributed by atoms with Crippen LogP contribution in [0, 0.1) is 0 Å². The van der Waals surface area contributed by atoms with E-state index in [1.165, 1.54) is 0 Å². The molecule has 3 rings (SSSR count). The second-order valence-corrected chi connectivity index (χ2v) is 4.49. The highest BCUT2D eigenvalue weighted by molar-refractivity contribution is 5.84. The highest BCUT2D eigenvalue weighted by Crippen LogP contribution is 2.21. The molecule has 0 aliphatic carbocycles. The van der Waals surface area contributed by atoms with E-state index in [1.807, 2.05) is 30.5 Å². The van der Waals surface area contributed by atoms with Gasteiger partial charge in [0, 0.05) is 19.3 Å². The predicted octanol–water partition coefficient (Wildman–Crippen LogP) is 1.26. The van der Waals surface area contributed by atoms with E-state index in [2.05, 4.69) is 4.98 Å². The molecule has 0 spiro atoms. The maximum atomic E-state index is 11.6. The predicted molar refractivity (Wildman–Crippen MR) is 64.3 cm³/mol. The number of aliphatic hydroxyl groups excluding tert-OH is 1. The van der Waals surface area contributed by atoms with Crippen molar-refractivity contribution in [3.05, 3.63) is 36.0 Å². The molecular formula is C13H14N2O2. The number of hydrogen-bond acceptors (Lipinski definition) is 2. The molecule has 1 aliphatic rings. The molecule has 2 heterocycles. The summed E-state index contributed by atoms with van der Waals surface area (Å²) >= 11 is 0. The number of benzene rings is 1. The zero-order chi connectivity index (χ0) is 11.8. The first-order chi connectivity index (χ1) is 8.24. The number of nitrogens with zero attached hydrogens (tertiary/aromatic N) is 1. The van der Waals surface area contributed by atoms with Gasteiger partial charge in [0.15, 0.2) is 0 Å².